The zero-order valence-corrected chi connectivity index (χ0v) is 18.9. The lowest BCUT2D eigenvalue weighted by atomic mass is 9.48. The molecule has 162 valence electrons. The zero-order valence-electron chi connectivity index (χ0n) is 18.2. The molecule has 0 saturated heterocycles. The van der Waals surface area contributed by atoms with Crippen LogP contribution in [0.1, 0.15) is 64.7 Å². The van der Waals surface area contributed by atoms with E-state index in [1.165, 1.54) is 44.1 Å². The normalized spacial score (nSPS) is 44.9. The van der Waals surface area contributed by atoms with E-state index < -0.39 is 5.60 Å². The molecule has 4 aliphatic rings. The van der Waals surface area contributed by atoms with E-state index in [1.54, 1.807) is 0 Å². The minimum Gasteiger partial charge on any atom is -0.378 e. The van der Waals surface area contributed by atoms with Gasteiger partial charge in [0.15, 0.2) is 0 Å². The number of aliphatic hydroxyl groups is 1. The molecule has 3 nitrogen and oxygen atoms in total. The van der Waals surface area contributed by atoms with Gasteiger partial charge in [0, 0.05) is 24.3 Å². The van der Waals surface area contributed by atoms with E-state index >= 15 is 0 Å². The molecule has 4 heteroatoms. The quantitative estimate of drug-likeness (QED) is 0.501. The van der Waals surface area contributed by atoms with Gasteiger partial charge in [0.25, 0.3) is 0 Å². The van der Waals surface area contributed by atoms with Crippen molar-refractivity contribution >= 4 is 11.6 Å². The molecule has 1 N–H and O–H groups in total. The lowest BCUT2D eigenvalue weighted by Gasteiger charge is -2.57. The maximum Gasteiger partial charge on any atom is 0.127 e. The molecule has 4 aliphatic carbocycles. The van der Waals surface area contributed by atoms with Gasteiger partial charge in [-0.1, -0.05) is 25.0 Å². The fourth-order valence-corrected chi connectivity index (χ4v) is 8.65. The Hall–Kier alpha value is -1.24. The van der Waals surface area contributed by atoms with E-state index in [2.05, 4.69) is 40.6 Å². The van der Waals surface area contributed by atoms with Gasteiger partial charge in [0.05, 0.1) is 6.33 Å². The Bertz CT molecular complexity index is 854. The van der Waals surface area contributed by atoms with Crippen molar-refractivity contribution in [1.29, 1.82) is 0 Å². The molecule has 0 aromatic carbocycles. The summed E-state index contributed by atoms with van der Waals surface area (Å²) in [5.41, 5.74) is 0.959. The summed E-state index contributed by atoms with van der Waals surface area (Å²) in [5.74, 6) is 7.48. The molecule has 8 atom stereocenters. The molecule has 0 amide bonds. The minimum absolute atomic E-state index is 0.408. The van der Waals surface area contributed by atoms with Gasteiger partial charge in [-0.05, 0) is 110 Å². The third-order valence-corrected chi connectivity index (χ3v) is 9.82. The third-order valence-electron chi connectivity index (χ3n) is 9.73. The Morgan fingerprint density at radius 1 is 1.17 bits per heavy atom. The lowest BCUT2D eigenvalue weighted by Crippen LogP contribution is -2.50. The van der Waals surface area contributed by atoms with Crippen LogP contribution >= 0.6 is 11.6 Å². The number of nitrogens with zero attached hydrogens (tertiary/aromatic N) is 2. The molecule has 1 heterocycles. The van der Waals surface area contributed by atoms with E-state index in [0.717, 1.165) is 49.5 Å². The van der Waals surface area contributed by atoms with Crippen LogP contribution < -0.4 is 0 Å². The summed E-state index contributed by atoms with van der Waals surface area (Å²) in [7, 11) is 0. The maximum atomic E-state index is 10.8. The van der Waals surface area contributed by atoms with Crippen LogP contribution in [0.4, 0.5) is 0 Å². The molecule has 0 radical (unpaired) electrons. The van der Waals surface area contributed by atoms with Crippen LogP contribution in [-0.2, 0) is 6.54 Å². The summed E-state index contributed by atoms with van der Waals surface area (Å²) in [6.45, 7) is 8.04. The molecule has 0 spiro atoms. The van der Waals surface area contributed by atoms with Crippen LogP contribution in [0.2, 0.25) is 0 Å². The second-order valence-electron chi connectivity index (χ2n) is 11.0. The largest absolute Gasteiger partial charge is 0.378 e. The Morgan fingerprint density at radius 3 is 2.77 bits per heavy atom. The Morgan fingerprint density at radius 2 is 2.00 bits per heavy atom. The molecule has 5 rings (SSSR count). The van der Waals surface area contributed by atoms with Crippen molar-refractivity contribution in [1.82, 2.24) is 9.55 Å². The molecule has 4 fully saturated rings. The number of fused-ring (bicyclic) bond motifs is 5. The summed E-state index contributed by atoms with van der Waals surface area (Å²) in [6.07, 6.45) is 16.5. The fraction of sp³-hybridized carbons (Fsp3) is 0.731. The van der Waals surface area contributed by atoms with Crippen LogP contribution in [-0.4, -0.2) is 20.3 Å². The standard InChI is InChI=1S/C26H35ClN2O/c1-18(16-29-14-13-28-17-29)23-5-6-24-22-4-3-19-15-26(30,11-12-27)10-8-20(19)21(22)7-9-25(23,24)2/h13-14,17,19-24,30H,1,3-10,15-16H2,2H3/t19-,20-,21+,22+,23+,24-,25+,26-/m0/s1. The summed E-state index contributed by atoms with van der Waals surface area (Å²) in [4.78, 5) is 4.20. The molecule has 4 saturated carbocycles. The number of aromatic nitrogens is 2. The molecular formula is C26H35ClN2O. The van der Waals surface area contributed by atoms with Gasteiger partial charge in [-0.25, -0.2) is 4.98 Å². The van der Waals surface area contributed by atoms with Gasteiger partial charge in [-0.15, -0.1) is 0 Å². The first-order chi connectivity index (χ1) is 14.4. The number of hydrogen-bond acceptors (Lipinski definition) is 2. The molecule has 1 aromatic rings. The predicted molar refractivity (Wildman–Crippen MR) is 121 cm³/mol. The van der Waals surface area contributed by atoms with E-state index in [-0.39, 0.29) is 0 Å². The van der Waals surface area contributed by atoms with Crippen LogP contribution in [0.15, 0.2) is 30.9 Å². The highest BCUT2D eigenvalue weighted by Gasteiger charge is 2.57. The van der Waals surface area contributed by atoms with Crippen molar-refractivity contribution in [3.05, 3.63) is 30.9 Å². The van der Waals surface area contributed by atoms with Crippen molar-refractivity contribution in [3.63, 3.8) is 0 Å². The predicted octanol–water partition coefficient (Wildman–Crippen LogP) is 5.64. The summed E-state index contributed by atoms with van der Waals surface area (Å²) in [6, 6.07) is 0. The number of rotatable bonds is 3. The highest BCUT2D eigenvalue weighted by Crippen LogP contribution is 2.65. The summed E-state index contributed by atoms with van der Waals surface area (Å²) < 4.78 is 2.17. The highest BCUT2D eigenvalue weighted by molar-refractivity contribution is 6.30. The van der Waals surface area contributed by atoms with Crippen molar-refractivity contribution in [3.8, 4) is 11.3 Å². The molecule has 0 aliphatic heterocycles. The van der Waals surface area contributed by atoms with Gasteiger partial charge < -0.3 is 9.67 Å². The first-order valence-electron chi connectivity index (χ1n) is 11.9. The zero-order chi connectivity index (χ0) is 20.9. The number of halogens is 1. The van der Waals surface area contributed by atoms with Crippen molar-refractivity contribution < 1.29 is 5.11 Å². The van der Waals surface area contributed by atoms with E-state index in [0.29, 0.717) is 17.3 Å². The Balaban J connectivity index is 1.31. The highest BCUT2D eigenvalue weighted by atomic mass is 35.5. The maximum absolute atomic E-state index is 10.8. The first kappa shape index (κ1) is 20.7. The third kappa shape index (κ3) is 3.35. The molecule has 0 bridgehead atoms. The van der Waals surface area contributed by atoms with Crippen molar-refractivity contribution in [2.45, 2.75) is 76.9 Å². The van der Waals surface area contributed by atoms with Crippen molar-refractivity contribution in [2.75, 3.05) is 0 Å². The second kappa shape index (κ2) is 7.72. The Labute approximate surface area is 186 Å². The van der Waals surface area contributed by atoms with E-state index in [1.807, 2.05) is 12.5 Å². The molecule has 1 aromatic heterocycles. The van der Waals surface area contributed by atoms with E-state index in [4.69, 9.17) is 11.6 Å². The number of imidazole rings is 1. The van der Waals surface area contributed by atoms with Gasteiger partial charge in [0.1, 0.15) is 5.60 Å². The van der Waals surface area contributed by atoms with Crippen LogP contribution in [0.3, 0.4) is 0 Å². The SMILES string of the molecule is C=C(Cn1ccnc1)[C@H]1CC[C@H]2[C@@H]3CC[C@H]4C[C@@](O)(C#CCl)CC[C@@H]4[C@H]3CC[C@]12C. The van der Waals surface area contributed by atoms with Crippen LogP contribution in [0, 0.1) is 52.2 Å². The second-order valence-corrected chi connectivity index (χ2v) is 11.2. The average Bonchev–Trinajstić information content (AvgIpc) is 3.34. The van der Waals surface area contributed by atoms with E-state index in [9.17, 15) is 5.11 Å². The van der Waals surface area contributed by atoms with Crippen molar-refractivity contribution in [2.24, 2.45) is 40.9 Å². The first-order valence-corrected chi connectivity index (χ1v) is 12.3. The van der Waals surface area contributed by atoms with Crippen LogP contribution in [0.25, 0.3) is 0 Å². The Kier molecular flexibility index (Phi) is 5.31. The summed E-state index contributed by atoms with van der Waals surface area (Å²) in [5, 5.41) is 13.3. The smallest absolute Gasteiger partial charge is 0.127 e. The van der Waals surface area contributed by atoms with Crippen LogP contribution in [0.5, 0.6) is 0 Å². The van der Waals surface area contributed by atoms with Gasteiger partial charge >= 0.3 is 0 Å². The fourth-order valence-electron chi connectivity index (χ4n) is 8.48. The summed E-state index contributed by atoms with van der Waals surface area (Å²) >= 11 is 5.64. The topological polar surface area (TPSA) is 38.0 Å². The molecule has 30 heavy (non-hydrogen) atoms. The minimum atomic E-state index is -0.845. The van der Waals surface area contributed by atoms with Gasteiger partial charge in [-0.3, -0.25) is 0 Å². The lowest BCUT2D eigenvalue weighted by molar-refractivity contribution is -0.0874. The molecule has 0 unspecified atom stereocenters. The molecular weight excluding hydrogens is 392 g/mol. The van der Waals surface area contributed by atoms with Gasteiger partial charge in [-0.2, -0.15) is 0 Å². The monoisotopic (exact) mass is 426 g/mol. The average molecular weight is 427 g/mol. The van der Waals surface area contributed by atoms with Gasteiger partial charge in [0.2, 0.25) is 0 Å². The number of allylic oxidation sites excluding steroid dienone is 1. The number of hydrogen-bond donors (Lipinski definition) is 1.